The number of alkyl carbamates (subject to hydrolysis) is 1. The Morgan fingerprint density at radius 1 is 1.14 bits per heavy atom. The van der Waals surface area contributed by atoms with Gasteiger partial charge < -0.3 is 21.1 Å². The summed E-state index contributed by atoms with van der Waals surface area (Å²) in [6, 6.07) is 6.66. The fraction of sp³-hybridized carbons (Fsp3) is 0.387. The van der Waals surface area contributed by atoms with Gasteiger partial charge >= 0.3 is 6.09 Å². The number of carbonyl (C=O) groups is 2. The number of fused-ring (bicyclic) bond motifs is 1. The molecule has 1 fully saturated rings. The van der Waals surface area contributed by atoms with Gasteiger partial charge in [0.05, 0.1) is 35.6 Å². The van der Waals surface area contributed by atoms with Crippen molar-refractivity contribution < 1.29 is 23.1 Å². The summed E-state index contributed by atoms with van der Waals surface area (Å²) in [5.74, 6) is -1.66. The van der Waals surface area contributed by atoms with Crippen molar-refractivity contribution in [1.29, 1.82) is 0 Å². The molecule has 0 bridgehead atoms. The second-order valence-electron chi connectivity index (χ2n) is 11.4. The Morgan fingerprint density at radius 3 is 2.65 bits per heavy atom. The highest BCUT2D eigenvalue weighted by Crippen LogP contribution is 2.37. The summed E-state index contributed by atoms with van der Waals surface area (Å²) in [5, 5.41) is 10.0. The number of nitrogens with one attached hydrogen (secondary N) is 2. The van der Waals surface area contributed by atoms with E-state index in [1.165, 1.54) is 13.2 Å². The van der Waals surface area contributed by atoms with Crippen LogP contribution in [0.15, 0.2) is 48.9 Å². The number of ether oxygens (including phenoxy) is 1. The topological polar surface area (TPSA) is 137 Å². The number of hydrogen-bond donors (Lipinski definition) is 3. The zero-order chi connectivity index (χ0) is 30.8. The molecule has 0 unspecified atom stereocenters. The highest BCUT2D eigenvalue weighted by atomic mass is 19.1. The summed E-state index contributed by atoms with van der Waals surface area (Å²) in [4.78, 5) is 33.3. The van der Waals surface area contributed by atoms with E-state index in [9.17, 15) is 14.0 Å². The van der Waals surface area contributed by atoms with Crippen molar-refractivity contribution in [2.24, 2.45) is 11.7 Å². The molecule has 4 atom stereocenters. The molecule has 4 aromatic rings. The van der Waals surface area contributed by atoms with Crippen LogP contribution >= 0.6 is 0 Å². The van der Waals surface area contributed by atoms with E-state index in [1.54, 1.807) is 43.0 Å². The van der Waals surface area contributed by atoms with E-state index >= 15 is 4.39 Å². The SMILES string of the molecule is COC(=O)N[C@@H]1[C@H](N)C[C@H](c2ccncc2Cc2ncc3ccc(-c4c(F)ccc(C(=O)NC(C)C)c4F)nn23)C[C@@H]1C. The first-order chi connectivity index (χ1) is 20.6. The Kier molecular flexibility index (Phi) is 8.67. The lowest BCUT2D eigenvalue weighted by molar-refractivity contribution is 0.0939. The molecule has 0 aliphatic heterocycles. The van der Waals surface area contributed by atoms with Gasteiger partial charge in [-0.05, 0) is 80.0 Å². The van der Waals surface area contributed by atoms with Gasteiger partial charge in [0.2, 0.25) is 0 Å². The number of carbonyl (C=O) groups excluding carboxylic acids is 2. The normalized spacial score (nSPS) is 20.3. The molecule has 0 saturated heterocycles. The van der Waals surface area contributed by atoms with Gasteiger partial charge in [0.1, 0.15) is 17.5 Å². The molecule has 0 radical (unpaired) electrons. The number of hydrogen-bond acceptors (Lipinski definition) is 7. The van der Waals surface area contributed by atoms with Gasteiger partial charge in [0.25, 0.3) is 5.91 Å². The molecule has 3 heterocycles. The third-order valence-corrected chi connectivity index (χ3v) is 7.95. The van der Waals surface area contributed by atoms with Crippen LogP contribution in [0.4, 0.5) is 13.6 Å². The third-order valence-electron chi connectivity index (χ3n) is 7.95. The fourth-order valence-corrected chi connectivity index (χ4v) is 5.93. The van der Waals surface area contributed by atoms with Crippen LogP contribution in [0.1, 0.15) is 66.8 Å². The van der Waals surface area contributed by atoms with Crippen LogP contribution in [-0.2, 0) is 11.2 Å². The van der Waals surface area contributed by atoms with Crippen LogP contribution in [0.5, 0.6) is 0 Å². The number of pyridine rings is 1. The molecule has 5 rings (SSSR count). The number of halogens is 2. The number of nitrogens with two attached hydrogens (primary N) is 1. The standard InChI is InChI=1S/C31H35F2N7O3/c1-16(2)37-30(41)22-6-7-23(32)27(28(22)33)25-8-5-20-15-36-26(40(20)39-25)13-19-14-35-10-9-21(19)18-11-17(3)29(24(34)12-18)38-31(42)43-4/h5-10,14-18,24,29H,11-13,34H2,1-4H3,(H,37,41)(H,38,42)/t17-,18+,24+,29-/m0/s1. The van der Waals surface area contributed by atoms with Crippen LogP contribution in [0.3, 0.4) is 0 Å². The van der Waals surface area contributed by atoms with E-state index < -0.39 is 23.6 Å². The summed E-state index contributed by atoms with van der Waals surface area (Å²) in [6.45, 7) is 5.57. The first-order valence-corrected chi connectivity index (χ1v) is 14.2. The molecule has 0 spiro atoms. The largest absolute Gasteiger partial charge is 0.453 e. The number of aromatic nitrogens is 4. The lowest BCUT2D eigenvalue weighted by atomic mass is 9.72. The van der Waals surface area contributed by atoms with E-state index in [2.05, 4.69) is 32.6 Å². The number of nitrogens with zero attached hydrogens (tertiary/aromatic N) is 4. The van der Waals surface area contributed by atoms with Crippen LogP contribution in [0.2, 0.25) is 0 Å². The van der Waals surface area contributed by atoms with Crippen LogP contribution < -0.4 is 16.4 Å². The molecule has 4 N–H and O–H groups in total. The number of amides is 2. The summed E-state index contributed by atoms with van der Waals surface area (Å²) >= 11 is 0. The molecule has 12 heteroatoms. The average Bonchev–Trinajstić information content (AvgIpc) is 3.36. The maximum absolute atomic E-state index is 15.5. The molecule has 3 aromatic heterocycles. The molecule has 1 aliphatic rings. The number of imidazole rings is 1. The van der Waals surface area contributed by atoms with Gasteiger partial charge in [0.15, 0.2) is 0 Å². The van der Waals surface area contributed by atoms with Gasteiger partial charge in [-0.15, -0.1) is 0 Å². The molecule has 1 saturated carbocycles. The molecule has 226 valence electrons. The van der Waals surface area contributed by atoms with Crippen molar-refractivity contribution in [2.75, 3.05) is 7.11 Å². The van der Waals surface area contributed by atoms with Crippen LogP contribution in [0.25, 0.3) is 16.8 Å². The van der Waals surface area contributed by atoms with Crippen molar-refractivity contribution in [3.63, 3.8) is 0 Å². The second kappa shape index (κ2) is 12.4. The van der Waals surface area contributed by atoms with E-state index in [-0.39, 0.29) is 46.8 Å². The van der Waals surface area contributed by atoms with Crippen molar-refractivity contribution in [3.05, 3.63) is 83.1 Å². The predicted molar refractivity (Wildman–Crippen MR) is 156 cm³/mol. The molecule has 1 aromatic carbocycles. The smallest absolute Gasteiger partial charge is 0.407 e. The maximum atomic E-state index is 15.5. The summed E-state index contributed by atoms with van der Waals surface area (Å²) in [7, 11) is 1.33. The van der Waals surface area contributed by atoms with Crippen molar-refractivity contribution in [1.82, 2.24) is 30.2 Å². The first kappa shape index (κ1) is 30.0. The minimum absolute atomic E-state index is 0.0311. The van der Waals surface area contributed by atoms with Gasteiger partial charge in [-0.2, -0.15) is 5.10 Å². The van der Waals surface area contributed by atoms with E-state index in [4.69, 9.17) is 10.5 Å². The van der Waals surface area contributed by atoms with Crippen LogP contribution in [0, 0.1) is 17.6 Å². The highest BCUT2D eigenvalue weighted by Gasteiger charge is 2.36. The van der Waals surface area contributed by atoms with E-state index in [0.717, 1.165) is 29.7 Å². The Labute approximate surface area is 248 Å². The van der Waals surface area contributed by atoms with Gasteiger partial charge in [0, 0.05) is 36.9 Å². The summed E-state index contributed by atoms with van der Waals surface area (Å²) in [5.41, 5.74) is 8.53. The summed E-state index contributed by atoms with van der Waals surface area (Å²) < 4.78 is 36.8. The number of methoxy groups -OCH3 is 1. The summed E-state index contributed by atoms with van der Waals surface area (Å²) in [6.07, 6.45) is 6.47. The molecule has 10 nitrogen and oxygen atoms in total. The number of benzene rings is 1. The molecule has 2 amide bonds. The van der Waals surface area contributed by atoms with E-state index in [0.29, 0.717) is 24.2 Å². The minimum atomic E-state index is -0.982. The Balaban J connectivity index is 1.45. The monoisotopic (exact) mass is 591 g/mol. The zero-order valence-electron chi connectivity index (χ0n) is 24.5. The highest BCUT2D eigenvalue weighted by molar-refractivity contribution is 5.96. The quantitative estimate of drug-likeness (QED) is 0.290. The van der Waals surface area contributed by atoms with Crippen molar-refractivity contribution >= 4 is 17.5 Å². The van der Waals surface area contributed by atoms with Gasteiger partial charge in [-0.3, -0.25) is 9.78 Å². The predicted octanol–water partition coefficient (Wildman–Crippen LogP) is 4.36. The molecule has 1 aliphatic carbocycles. The van der Waals surface area contributed by atoms with Crippen LogP contribution in [-0.4, -0.2) is 56.8 Å². The lowest BCUT2D eigenvalue weighted by Gasteiger charge is -2.39. The van der Waals surface area contributed by atoms with Gasteiger partial charge in [-0.25, -0.2) is 23.1 Å². The van der Waals surface area contributed by atoms with E-state index in [1.807, 2.05) is 6.07 Å². The fourth-order valence-electron chi connectivity index (χ4n) is 5.93. The van der Waals surface area contributed by atoms with Crippen molar-refractivity contribution in [3.8, 4) is 11.3 Å². The third kappa shape index (κ3) is 6.19. The Hall–Kier alpha value is -4.45. The Bertz CT molecular complexity index is 1650. The molecular formula is C31H35F2N7O3. The first-order valence-electron chi connectivity index (χ1n) is 14.2. The second-order valence-corrected chi connectivity index (χ2v) is 11.4. The lowest BCUT2D eigenvalue weighted by Crippen LogP contribution is -2.54. The molecule has 43 heavy (non-hydrogen) atoms. The zero-order valence-corrected chi connectivity index (χ0v) is 24.5. The average molecular weight is 592 g/mol. The molecular weight excluding hydrogens is 556 g/mol. The maximum Gasteiger partial charge on any atom is 0.407 e. The minimum Gasteiger partial charge on any atom is -0.453 e. The Morgan fingerprint density at radius 2 is 1.93 bits per heavy atom. The van der Waals surface area contributed by atoms with Gasteiger partial charge in [-0.1, -0.05) is 6.92 Å². The number of rotatable bonds is 7. The van der Waals surface area contributed by atoms with Crippen molar-refractivity contribution in [2.45, 2.75) is 64.1 Å².